The molecule has 3 aromatic rings. The van der Waals surface area contributed by atoms with Crippen molar-refractivity contribution in [3.05, 3.63) is 71.1 Å². The monoisotopic (exact) mass is 437 g/mol. The summed E-state index contributed by atoms with van der Waals surface area (Å²) in [5, 5.41) is 12.5. The van der Waals surface area contributed by atoms with Gasteiger partial charge in [-0.2, -0.15) is 0 Å². The number of hydrogen-bond donors (Lipinski definition) is 3. The number of anilines is 3. The molecule has 1 fully saturated rings. The molecule has 1 atom stereocenters. The number of carbonyl (C=O) groups is 2. The van der Waals surface area contributed by atoms with Gasteiger partial charge < -0.3 is 20.1 Å². The van der Waals surface area contributed by atoms with Crippen LogP contribution in [0.1, 0.15) is 39.1 Å². The zero-order valence-electron chi connectivity index (χ0n) is 17.8. The SMILES string of the molecule is Cc1cc(C(=O)Nc2cccc(NC(=O)c3cc(CF)cc(N4CNC(C)C4)c3)c2)on1. The highest BCUT2D eigenvalue weighted by atomic mass is 19.1. The van der Waals surface area contributed by atoms with Gasteiger partial charge >= 0.3 is 0 Å². The van der Waals surface area contributed by atoms with E-state index in [1.165, 1.54) is 6.07 Å². The third-order valence-corrected chi connectivity index (χ3v) is 5.11. The van der Waals surface area contributed by atoms with Gasteiger partial charge in [0.05, 0.1) is 12.4 Å². The lowest BCUT2D eigenvalue weighted by atomic mass is 10.1. The molecular weight excluding hydrogens is 413 g/mol. The van der Waals surface area contributed by atoms with Crippen molar-refractivity contribution in [1.82, 2.24) is 10.5 Å². The normalized spacial score (nSPS) is 15.6. The van der Waals surface area contributed by atoms with Gasteiger partial charge in [-0.1, -0.05) is 11.2 Å². The van der Waals surface area contributed by atoms with Gasteiger partial charge in [0.15, 0.2) is 0 Å². The van der Waals surface area contributed by atoms with E-state index in [9.17, 15) is 14.0 Å². The molecule has 32 heavy (non-hydrogen) atoms. The molecule has 0 aliphatic carbocycles. The molecule has 2 heterocycles. The van der Waals surface area contributed by atoms with Gasteiger partial charge in [0.1, 0.15) is 6.67 Å². The molecule has 2 aromatic carbocycles. The second-order valence-corrected chi connectivity index (χ2v) is 7.83. The summed E-state index contributed by atoms with van der Waals surface area (Å²) in [4.78, 5) is 27.2. The zero-order valence-corrected chi connectivity index (χ0v) is 17.8. The quantitative estimate of drug-likeness (QED) is 0.544. The van der Waals surface area contributed by atoms with E-state index in [2.05, 4.69) is 32.9 Å². The third kappa shape index (κ3) is 4.94. The Bertz CT molecular complexity index is 1150. The Morgan fingerprint density at radius 3 is 2.53 bits per heavy atom. The summed E-state index contributed by atoms with van der Waals surface area (Å²) >= 11 is 0. The van der Waals surface area contributed by atoms with Crippen molar-refractivity contribution in [2.45, 2.75) is 26.6 Å². The van der Waals surface area contributed by atoms with E-state index in [1.807, 2.05) is 0 Å². The fourth-order valence-corrected chi connectivity index (χ4v) is 3.53. The van der Waals surface area contributed by atoms with Crippen LogP contribution in [0.15, 0.2) is 53.1 Å². The highest BCUT2D eigenvalue weighted by Crippen LogP contribution is 2.23. The summed E-state index contributed by atoms with van der Waals surface area (Å²) in [6.45, 7) is 4.56. The predicted octanol–water partition coefficient (Wildman–Crippen LogP) is 3.71. The minimum Gasteiger partial charge on any atom is -0.357 e. The summed E-state index contributed by atoms with van der Waals surface area (Å²) in [6.07, 6.45) is 0. The fourth-order valence-electron chi connectivity index (χ4n) is 3.53. The molecule has 8 nitrogen and oxygen atoms in total. The summed E-state index contributed by atoms with van der Waals surface area (Å²) in [7, 11) is 0. The Hall–Kier alpha value is -3.72. The van der Waals surface area contributed by atoms with E-state index in [-0.39, 0.29) is 11.7 Å². The van der Waals surface area contributed by atoms with Gasteiger partial charge in [0.25, 0.3) is 11.8 Å². The van der Waals surface area contributed by atoms with Crippen LogP contribution in [-0.4, -0.2) is 36.2 Å². The number of aryl methyl sites for hydroxylation is 1. The number of nitrogens with one attached hydrogen (secondary N) is 3. The second kappa shape index (κ2) is 9.19. The molecule has 0 radical (unpaired) electrons. The first-order valence-corrected chi connectivity index (χ1v) is 10.3. The van der Waals surface area contributed by atoms with Crippen molar-refractivity contribution < 1.29 is 18.5 Å². The van der Waals surface area contributed by atoms with Gasteiger partial charge in [-0.05, 0) is 55.8 Å². The number of halogens is 1. The lowest BCUT2D eigenvalue weighted by molar-refractivity contribution is 0.0986. The topological polar surface area (TPSA) is 99.5 Å². The maximum Gasteiger partial charge on any atom is 0.294 e. The number of hydrogen-bond acceptors (Lipinski definition) is 6. The molecule has 166 valence electrons. The summed E-state index contributed by atoms with van der Waals surface area (Å²) in [5.41, 5.74) is 3.18. The first-order chi connectivity index (χ1) is 15.4. The average molecular weight is 437 g/mol. The number of rotatable bonds is 6. The number of aromatic nitrogens is 1. The molecule has 1 saturated heterocycles. The maximum atomic E-state index is 13.4. The van der Waals surface area contributed by atoms with Crippen molar-refractivity contribution in [3.63, 3.8) is 0 Å². The van der Waals surface area contributed by atoms with Crippen molar-refractivity contribution in [2.24, 2.45) is 0 Å². The Morgan fingerprint density at radius 1 is 1.16 bits per heavy atom. The van der Waals surface area contributed by atoms with Crippen molar-refractivity contribution >= 4 is 28.9 Å². The molecule has 9 heteroatoms. The van der Waals surface area contributed by atoms with Gasteiger partial charge in [0, 0.05) is 41.3 Å². The van der Waals surface area contributed by atoms with Crippen LogP contribution in [0, 0.1) is 6.92 Å². The Balaban J connectivity index is 1.49. The molecule has 0 spiro atoms. The highest BCUT2D eigenvalue weighted by Gasteiger charge is 2.20. The standard InChI is InChI=1S/C23H24FN5O3/c1-14-6-21(32-28-14)23(31)27-19-5-3-4-18(10-19)26-22(30)17-7-16(11-24)8-20(9-17)29-12-15(2)25-13-29/h3-10,15,25H,11-13H2,1-2H3,(H,26,30)(H,27,31). The van der Waals surface area contributed by atoms with Crippen molar-refractivity contribution in [2.75, 3.05) is 28.7 Å². The second-order valence-electron chi connectivity index (χ2n) is 7.83. The number of carbonyl (C=O) groups excluding carboxylic acids is 2. The molecule has 1 aliphatic rings. The van der Waals surface area contributed by atoms with E-state index >= 15 is 0 Å². The number of nitrogens with zero attached hydrogens (tertiary/aromatic N) is 2. The maximum absolute atomic E-state index is 13.4. The lowest BCUT2D eigenvalue weighted by Crippen LogP contribution is -2.22. The summed E-state index contributed by atoms with van der Waals surface area (Å²) < 4.78 is 18.4. The Kier molecular flexibility index (Phi) is 6.18. The van der Waals surface area contributed by atoms with Crippen LogP contribution >= 0.6 is 0 Å². The molecule has 1 unspecified atom stereocenters. The number of alkyl halides is 1. The lowest BCUT2D eigenvalue weighted by Gasteiger charge is -2.19. The molecular formula is C23H24FN5O3. The third-order valence-electron chi connectivity index (χ3n) is 5.11. The van der Waals surface area contributed by atoms with Crippen molar-refractivity contribution in [3.8, 4) is 0 Å². The molecule has 2 amide bonds. The predicted molar refractivity (Wildman–Crippen MR) is 120 cm³/mol. The molecule has 1 aromatic heterocycles. The van der Waals surface area contributed by atoms with Gasteiger partial charge in [0.2, 0.25) is 5.76 Å². The van der Waals surface area contributed by atoms with Gasteiger partial charge in [-0.25, -0.2) is 4.39 Å². The summed E-state index contributed by atoms with van der Waals surface area (Å²) in [6, 6.07) is 13.7. The van der Waals surface area contributed by atoms with Crippen LogP contribution < -0.4 is 20.9 Å². The fraction of sp³-hybridized carbons (Fsp3) is 0.261. The van der Waals surface area contributed by atoms with E-state index in [1.54, 1.807) is 49.4 Å². The molecule has 0 saturated carbocycles. The smallest absolute Gasteiger partial charge is 0.294 e. The zero-order chi connectivity index (χ0) is 22.7. The Morgan fingerprint density at radius 2 is 1.91 bits per heavy atom. The van der Waals surface area contributed by atoms with Gasteiger partial charge in [-0.15, -0.1) is 0 Å². The molecule has 4 rings (SSSR count). The summed E-state index contributed by atoms with van der Waals surface area (Å²) in [5.74, 6) is -0.711. The first kappa shape index (κ1) is 21.5. The first-order valence-electron chi connectivity index (χ1n) is 10.3. The largest absolute Gasteiger partial charge is 0.357 e. The minimum atomic E-state index is -0.659. The van der Waals surface area contributed by atoms with Crippen LogP contribution in [0.2, 0.25) is 0 Å². The van der Waals surface area contributed by atoms with Crippen LogP contribution in [0.25, 0.3) is 0 Å². The molecule has 3 N–H and O–H groups in total. The number of amides is 2. The van der Waals surface area contributed by atoms with Crippen molar-refractivity contribution in [1.29, 1.82) is 0 Å². The minimum absolute atomic E-state index is 0.0956. The highest BCUT2D eigenvalue weighted by molar-refractivity contribution is 6.06. The van der Waals surface area contributed by atoms with E-state index in [0.717, 1.165) is 12.2 Å². The molecule has 1 aliphatic heterocycles. The van der Waals surface area contributed by atoms with Crippen LogP contribution in [-0.2, 0) is 6.67 Å². The Labute approximate surface area is 184 Å². The van der Waals surface area contributed by atoms with Crippen LogP contribution in [0.5, 0.6) is 0 Å². The molecule has 0 bridgehead atoms. The van der Waals surface area contributed by atoms with Gasteiger partial charge in [-0.3, -0.25) is 14.9 Å². The van der Waals surface area contributed by atoms with E-state index in [0.29, 0.717) is 40.9 Å². The van der Waals surface area contributed by atoms with Crippen LogP contribution in [0.3, 0.4) is 0 Å². The van der Waals surface area contributed by atoms with E-state index < -0.39 is 12.6 Å². The average Bonchev–Trinajstić information content (AvgIpc) is 3.42. The van der Waals surface area contributed by atoms with E-state index in [4.69, 9.17) is 4.52 Å². The number of benzene rings is 2. The van der Waals surface area contributed by atoms with Crippen LogP contribution in [0.4, 0.5) is 21.5 Å².